The van der Waals surface area contributed by atoms with Crippen molar-refractivity contribution in [3.8, 4) is 0 Å². The minimum Gasteiger partial charge on any atom is -0.467 e. The number of anilines is 1. The van der Waals surface area contributed by atoms with Crippen LogP contribution in [-0.2, 0) is 16.6 Å². The Kier molecular flexibility index (Phi) is 4.91. The Bertz CT molecular complexity index is 965. The molecule has 0 saturated heterocycles. The lowest BCUT2D eigenvalue weighted by Crippen LogP contribution is -2.24. The predicted octanol–water partition coefficient (Wildman–Crippen LogP) is 2.50. The molecule has 0 bridgehead atoms. The van der Waals surface area contributed by atoms with E-state index in [4.69, 9.17) is 4.42 Å². The Morgan fingerprint density at radius 2 is 2.00 bits per heavy atom. The molecule has 0 aliphatic heterocycles. The van der Waals surface area contributed by atoms with Gasteiger partial charge in [-0.25, -0.2) is 8.42 Å². The molecule has 10 heteroatoms. The van der Waals surface area contributed by atoms with E-state index in [0.717, 1.165) is 4.47 Å². The molecule has 0 radical (unpaired) electrons. The van der Waals surface area contributed by atoms with Crippen molar-refractivity contribution >= 4 is 37.5 Å². The Hall–Kier alpha value is -2.59. The first kappa shape index (κ1) is 17.2. The number of carbonyl (C=O) groups excluding carboxylic acids is 1. The summed E-state index contributed by atoms with van der Waals surface area (Å²) in [4.78, 5) is 12.3. The molecule has 25 heavy (non-hydrogen) atoms. The number of aromatic nitrogens is 2. The van der Waals surface area contributed by atoms with Crippen LogP contribution < -0.4 is 10.0 Å². The summed E-state index contributed by atoms with van der Waals surface area (Å²) in [7, 11) is -3.84. The molecule has 1 amide bonds. The number of rotatable bonds is 6. The normalized spacial score (nSPS) is 11.2. The molecule has 0 spiro atoms. The molecular weight excluding hydrogens is 412 g/mol. The molecule has 0 aliphatic carbocycles. The van der Waals surface area contributed by atoms with Crippen molar-refractivity contribution in [1.29, 1.82) is 0 Å². The molecule has 8 nitrogen and oxygen atoms in total. The summed E-state index contributed by atoms with van der Waals surface area (Å²) in [5.41, 5.74) is 0.0621. The zero-order chi connectivity index (χ0) is 17.9. The Balaban J connectivity index is 1.74. The molecule has 2 aromatic heterocycles. The number of benzene rings is 1. The van der Waals surface area contributed by atoms with Crippen molar-refractivity contribution in [1.82, 2.24) is 15.5 Å². The number of halogens is 1. The van der Waals surface area contributed by atoms with Crippen LogP contribution in [0.5, 0.6) is 0 Å². The fourth-order valence-corrected chi connectivity index (χ4v) is 3.34. The van der Waals surface area contributed by atoms with Gasteiger partial charge < -0.3 is 9.73 Å². The lowest BCUT2D eigenvalue weighted by atomic mass is 10.3. The zero-order valence-corrected chi connectivity index (χ0v) is 15.1. The second-order valence-electron chi connectivity index (χ2n) is 4.98. The number of amides is 1. The topological polar surface area (TPSA) is 117 Å². The number of nitrogens with one attached hydrogen (secondary N) is 3. The van der Waals surface area contributed by atoms with Crippen molar-refractivity contribution in [2.45, 2.75) is 11.4 Å². The number of hydrogen-bond acceptors (Lipinski definition) is 5. The average Bonchev–Trinajstić information content (AvgIpc) is 3.24. The Morgan fingerprint density at radius 3 is 2.68 bits per heavy atom. The summed E-state index contributed by atoms with van der Waals surface area (Å²) in [6, 6.07) is 9.54. The van der Waals surface area contributed by atoms with Gasteiger partial charge in [0.1, 0.15) is 11.5 Å². The number of furan rings is 1. The summed E-state index contributed by atoms with van der Waals surface area (Å²) in [5.74, 6) is 0.0623. The van der Waals surface area contributed by atoms with E-state index in [9.17, 15) is 13.2 Å². The minimum atomic E-state index is -3.84. The van der Waals surface area contributed by atoms with Gasteiger partial charge in [-0.1, -0.05) is 15.9 Å². The van der Waals surface area contributed by atoms with E-state index in [1.807, 2.05) is 0 Å². The number of hydrogen-bond donors (Lipinski definition) is 3. The molecule has 3 rings (SSSR count). The van der Waals surface area contributed by atoms with Crippen LogP contribution in [0.25, 0.3) is 0 Å². The molecule has 0 aliphatic rings. The van der Waals surface area contributed by atoms with Crippen molar-refractivity contribution in [3.05, 3.63) is 64.8 Å². The summed E-state index contributed by atoms with van der Waals surface area (Å²) in [6.07, 6.45) is 2.73. The van der Waals surface area contributed by atoms with E-state index in [2.05, 4.69) is 36.2 Å². The van der Waals surface area contributed by atoms with Crippen molar-refractivity contribution in [3.63, 3.8) is 0 Å². The van der Waals surface area contributed by atoms with Crippen LogP contribution in [0.15, 0.2) is 62.6 Å². The van der Waals surface area contributed by atoms with Gasteiger partial charge in [-0.15, -0.1) is 0 Å². The fraction of sp³-hybridized carbons (Fsp3) is 0.0667. The van der Waals surface area contributed by atoms with Crippen molar-refractivity contribution in [2.24, 2.45) is 0 Å². The van der Waals surface area contributed by atoms with E-state index < -0.39 is 15.9 Å². The Labute approximate surface area is 151 Å². The maximum absolute atomic E-state index is 12.4. The second-order valence-corrected chi connectivity index (χ2v) is 7.58. The highest BCUT2D eigenvalue weighted by Crippen LogP contribution is 2.20. The predicted molar refractivity (Wildman–Crippen MR) is 93.4 cm³/mol. The van der Waals surface area contributed by atoms with E-state index in [-0.39, 0.29) is 22.8 Å². The molecule has 0 saturated carbocycles. The van der Waals surface area contributed by atoms with Crippen molar-refractivity contribution < 1.29 is 17.6 Å². The number of nitrogens with zero attached hydrogens (tertiary/aromatic N) is 1. The van der Waals surface area contributed by atoms with Crippen LogP contribution in [0.2, 0.25) is 0 Å². The van der Waals surface area contributed by atoms with Crippen LogP contribution in [0.4, 0.5) is 5.69 Å². The SMILES string of the molecule is O=C(NCc1ccco1)c1[nH]ncc1NS(=O)(=O)c1ccc(Br)cc1. The monoisotopic (exact) mass is 424 g/mol. The average molecular weight is 425 g/mol. The minimum absolute atomic E-state index is 0.00671. The highest BCUT2D eigenvalue weighted by molar-refractivity contribution is 9.10. The maximum Gasteiger partial charge on any atom is 0.271 e. The molecule has 130 valence electrons. The number of carbonyl (C=O) groups is 1. The third kappa shape index (κ3) is 4.09. The number of aromatic amines is 1. The highest BCUT2D eigenvalue weighted by Gasteiger charge is 2.20. The molecule has 2 heterocycles. The standard InChI is InChI=1S/C15H13BrN4O4S/c16-10-3-5-12(6-4-10)25(22,23)20-13-9-18-19-14(13)15(21)17-8-11-2-1-7-24-11/h1-7,9,20H,8H2,(H,17,21)(H,18,19). The summed E-state index contributed by atoms with van der Waals surface area (Å²) in [6.45, 7) is 0.170. The molecular formula is C15H13BrN4O4S. The molecule has 0 atom stereocenters. The lowest BCUT2D eigenvalue weighted by molar-refractivity contribution is 0.0944. The van der Waals surface area contributed by atoms with E-state index in [1.165, 1.54) is 24.6 Å². The molecule has 3 aromatic rings. The zero-order valence-electron chi connectivity index (χ0n) is 12.7. The van der Waals surface area contributed by atoms with Crippen LogP contribution >= 0.6 is 15.9 Å². The first-order valence-electron chi connectivity index (χ1n) is 7.08. The number of H-pyrrole nitrogens is 1. The molecule has 1 aromatic carbocycles. The summed E-state index contributed by atoms with van der Waals surface area (Å²) < 4.78 is 33.1. The molecule has 3 N–H and O–H groups in total. The second kappa shape index (κ2) is 7.11. The first-order chi connectivity index (χ1) is 12.0. The van der Waals surface area contributed by atoms with Crippen LogP contribution in [-0.4, -0.2) is 24.5 Å². The Morgan fingerprint density at radius 1 is 1.24 bits per heavy atom. The van der Waals surface area contributed by atoms with Gasteiger partial charge in [0.25, 0.3) is 15.9 Å². The van der Waals surface area contributed by atoms with Gasteiger partial charge in [0.15, 0.2) is 0 Å². The van der Waals surface area contributed by atoms with Crippen LogP contribution in [0.3, 0.4) is 0 Å². The van der Waals surface area contributed by atoms with Gasteiger partial charge in [0.2, 0.25) is 0 Å². The van der Waals surface area contributed by atoms with Crippen LogP contribution in [0, 0.1) is 0 Å². The molecule has 0 fully saturated rings. The van der Waals surface area contributed by atoms with E-state index in [1.54, 1.807) is 24.3 Å². The largest absolute Gasteiger partial charge is 0.467 e. The van der Waals surface area contributed by atoms with Crippen LogP contribution in [0.1, 0.15) is 16.2 Å². The maximum atomic E-state index is 12.4. The first-order valence-corrected chi connectivity index (χ1v) is 9.35. The van der Waals surface area contributed by atoms with Gasteiger partial charge in [-0.05, 0) is 36.4 Å². The molecule has 0 unspecified atom stereocenters. The third-order valence-electron chi connectivity index (χ3n) is 3.24. The van der Waals surface area contributed by atoms with Gasteiger partial charge in [-0.2, -0.15) is 5.10 Å². The summed E-state index contributed by atoms with van der Waals surface area (Å²) in [5, 5.41) is 8.84. The van der Waals surface area contributed by atoms with E-state index in [0.29, 0.717) is 5.76 Å². The number of sulfonamides is 1. The smallest absolute Gasteiger partial charge is 0.271 e. The van der Waals surface area contributed by atoms with Crippen molar-refractivity contribution in [2.75, 3.05) is 4.72 Å². The van der Waals surface area contributed by atoms with Gasteiger partial charge in [0.05, 0.1) is 29.6 Å². The van der Waals surface area contributed by atoms with E-state index >= 15 is 0 Å². The summed E-state index contributed by atoms with van der Waals surface area (Å²) >= 11 is 3.25. The quantitative estimate of drug-likeness (QED) is 0.561. The third-order valence-corrected chi connectivity index (χ3v) is 5.15. The lowest BCUT2D eigenvalue weighted by Gasteiger charge is -2.08. The van der Waals surface area contributed by atoms with Gasteiger partial charge in [0, 0.05) is 4.47 Å². The fourth-order valence-electron chi connectivity index (χ4n) is 2.02. The highest BCUT2D eigenvalue weighted by atomic mass is 79.9. The van der Waals surface area contributed by atoms with Gasteiger partial charge >= 0.3 is 0 Å². The van der Waals surface area contributed by atoms with Gasteiger partial charge in [-0.3, -0.25) is 14.6 Å².